The Bertz CT molecular complexity index is 850. The quantitative estimate of drug-likeness (QED) is 0.740. The zero-order valence-electron chi connectivity index (χ0n) is 13.4. The smallest absolute Gasteiger partial charge is 0.123 e. The van der Waals surface area contributed by atoms with E-state index < -0.39 is 0 Å². The van der Waals surface area contributed by atoms with Gasteiger partial charge in [-0.15, -0.1) is 0 Å². The molecule has 1 unspecified atom stereocenters. The van der Waals surface area contributed by atoms with Crippen molar-refractivity contribution < 1.29 is 0 Å². The van der Waals surface area contributed by atoms with E-state index >= 15 is 0 Å². The minimum atomic E-state index is 0.437. The van der Waals surface area contributed by atoms with Crippen molar-refractivity contribution in [1.29, 1.82) is 0 Å². The van der Waals surface area contributed by atoms with Crippen molar-refractivity contribution in [1.82, 2.24) is 24.2 Å². The highest BCUT2D eigenvalue weighted by molar-refractivity contribution is 6.31. The van der Waals surface area contributed by atoms with Gasteiger partial charge in [0, 0.05) is 36.9 Å². The van der Waals surface area contributed by atoms with Crippen molar-refractivity contribution in [2.75, 3.05) is 6.54 Å². The molecule has 0 aliphatic carbocycles. The summed E-state index contributed by atoms with van der Waals surface area (Å²) in [5, 5.41) is 5.05. The van der Waals surface area contributed by atoms with Crippen LogP contribution in [0.2, 0.25) is 5.02 Å². The van der Waals surface area contributed by atoms with E-state index in [4.69, 9.17) is 16.6 Å². The fraction of sp³-hybridized carbons (Fsp3) is 0.412. The molecule has 4 rings (SSSR count). The van der Waals surface area contributed by atoms with Crippen LogP contribution in [0.4, 0.5) is 0 Å². The highest BCUT2D eigenvalue weighted by atomic mass is 35.5. The number of aromatic nitrogens is 4. The predicted octanol–water partition coefficient (Wildman–Crippen LogP) is 3.30. The number of hydrogen-bond acceptors (Lipinski definition) is 3. The van der Waals surface area contributed by atoms with Crippen LogP contribution >= 0.6 is 11.6 Å². The van der Waals surface area contributed by atoms with Gasteiger partial charge < -0.3 is 4.57 Å². The Balaban J connectivity index is 1.63. The van der Waals surface area contributed by atoms with Gasteiger partial charge >= 0.3 is 0 Å². The monoisotopic (exact) mass is 329 g/mol. The van der Waals surface area contributed by atoms with Crippen molar-refractivity contribution in [3.8, 4) is 0 Å². The summed E-state index contributed by atoms with van der Waals surface area (Å²) in [6, 6.07) is 6.33. The molecular formula is C17H20ClN5. The second kappa shape index (κ2) is 5.65. The molecule has 0 N–H and O–H groups in total. The molecular weight excluding hydrogens is 310 g/mol. The van der Waals surface area contributed by atoms with E-state index in [2.05, 4.69) is 27.8 Å². The van der Waals surface area contributed by atoms with Gasteiger partial charge in [-0.2, -0.15) is 5.10 Å². The van der Waals surface area contributed by atoms with Crippen molar-refractivity contribution in [2.24, 2.45) is 14.1 Å². The lowest BCUT2D eigenvalue weighted by Crippen LogP contribution is -2.24. The number of imidazole rings is 1. The van der Waals surface area contributed by atoms with Gasteiger partial charge in [-0.3, -0.25) is 9.58 Å². The van der Waals surface area contributed by atoms with Gasteiger partial charge in [0.1, 0.15) is 5.82 Å². The summed E-state index contributed by atoms with van der Waals surface area (Å²) >= 11 is 6.09. The van der Waals surface area contributed by atoms with Crippen LogP contribution in [0.5, 0.6) is 0 Å². The summed E-state index contributed by atoms with van der Waals surface area (Å²) in [7, 11) is 4.05. The van der Waals surface area contributed by atoms with Crippen LogP contribution in [0.25, 0.3) is 11.0 Å². The molecule has 120 valence electrons. The molecule has 6 heteroatoms. The summed E-state index contributed by atoms with van der Waals surface area (Å²) in [6.07, 6.45) is 6.51. The first kappa shape index (κ1) is 14.7. The standard InChI is InChI=1S/C17H20ClN5/c1-21-10-12(9-19-21)15-4-3-7-23(15)11-17-20-14-8-13(18)5-6-16(14)22(17)2/h5-6,8-10,15H,3-4,7,11H2,1-2H3. The number of aryl methyl sites for hydroxylation is 2. The average molecular weight is 330 g/mol. The van der Waals surface area contributed by atoms with Gasteiger partial charge in [0.15, 0.2) is 0 Å². The molecule has 2 aromatic heterocycles. The lowest BCUT2D eigenvalue weighted by molar-refractivity contribution is 0.240. The number of nitrogens with zero attached hydrogens (tertiary/aromatic N) is 5. The highest BCUT2D eigenvalue weighted by Crippen LogP contribution is 2.33. The van der Waals surface area contributed by atoms with Gasteiger partial charge in [0.2, 0.25) is 0 Å². The fourth-order valence-electron chi connectivity index (χ4n) is 3.55. The molecule has 1 aliphatic rings. The van der Waals surface area contributed by atoms with Gasteiger partial charge in [-0.1, -0.05) is 11.6 Å². The topological polar surface area (TPSA) is 38.9 Å². The molecule has 0 spiro atoms. The Hall–Kier alpha value is -1.85. The third kappa shape index (κ3) is 2.64. The zero-order chi connectivity index (χ0) is 16.0. The van der Waals surface area contributed by atoms with E-state index in [1.165, 1.54) is 18.4 Å². The minimum absolute atomic E-state index is 0.437. The molecule has 3 aromatic rings. The van der Waals surface area contributed by atoms with Crippen molar-refractivity contribution in [3.63, 3.8) is 0 Å². The van der Waals surface area contributed by atoms with E-state index in [-0.39, 0.29) is 0 Å². The van der Waals surface area contributed by atoms with Crippen LogP contribution in [-0.4, -0.2) is 30.8 Å². The van der Waals surface area contributed by atoms with Crippen LogP contribution < -0.4 is 0 Å². The normalized spacial score (nSPS) is 19.0. The molecule has 0 saturated carbocycles. The van der Waals surface area contributed by atoms with Gasteiger partial charge in [0.05, 0.1) is 23.8 Å². The van der Waals surface area contributed by atoms with E-state index in [9.17, 15) is 0 Å². The average Bonchev–Trinajstić information content (AvgIpc) is 3.20. The van der Waals surface area contributed by atoms with Crippen molar-refractivity contribution in [3.05, 3.63) is 47.0 Å². The van der Waals surface area contributed by atoms with Crippen LogP contribution in [-0.2, 0) is 20.6 Å². The van der Waals surface area contributed by atoms with Crippen LogP contribution in [0.1, 0.15) is 30.3 Å². The maximum atomic E-state index is 6.09. The van der Waals surface area contributed by atoms with Crippen LogP contribution in [0.3, 0.4) is 0 Å². The summed E-state index contributed by atoms with van der Waals surface area (Å²) in [4.78, 5) is 7.29. The Morgan fingerprint density at radius 2 is 2.17 bits per heavy atom. The Labute approximate surface area is 140 Å². The largest absolute Gasteiger partial charge is 0.330 e. The van der Waals surface area contributed by atoms with Crippen LogP contribution in [0, 0.1) is 0 Å². The fourth-order valence-corrected chi connectivity index (χ4v) is 3.72. The number of benzene rings is 1. The molecule has 1 atom stereocenters. The number of rotatable bonds is 3. The third-order valence-electron chi connectivity index (χ3n) is 4.75. The lowest BCUT2D eigenvalue weighted by atomic mass is 10.1. The van der Waals surface area contributed by atoms with E-state index in [1.807, 2.05) is 36.1 Å². The Kier molecular flexibility index (Phi) is 3.62. The second-order valence-corrected chi connectivity index (χ2v) is 6.73. The maximum absolute atomic E-state index is 6.09. The third-order valence-corrected chi connectivity index (χ3v) is 4.99. The maximum Gasteiger partial charge on any atom is 0.123 e. The molecule has 1 aromatic carbocycles. The highest BCUT2D eigenvalue weighted by Gasteiger charge is 2.28. The summed E-state index contributed by atoms with van der Waals surface area (Å²) < 4.78 is 4.05. The summed E-state index contributed by atoms with van der Waals surface area (Å²) in [6.45, 7) is 1.95. The number of fused-ring (bicyclic) bond motifs is 1. The molecule has 0 amide bonds. The molecule has 1 saturated heterocycles. The summed E-state index contributed by atoms with van der Waals surface area (Å²) in [5.41, 5.74) is 3.39. The number of hydrogen-bond donors (Lipinski definition) is 0. The Morgan fingerprint density at radius 1 is 1.30 bits per heavy atom. The first-order chi connectivity index (χ1) is 11.1. The lowest BCUT2D eigenvalue weighted by Gasteiger charge is -2.23. The van der Waals surface area contributed by atoms with E-state index in [1.54, 1.807) is 0 Å². The molecule has 5 nitrogen and oxygen atoms in total. The number of halogens is 1. The van der Waals surface area contributed by atoms with Crippen molar-refractivity contribution >= 4 is 22.6 Å². The number of likely N-dealkylation sites (tertiary alicyclic amines) is 1. The molecule has 0 radical (unpaired) electrons. The SMILES string of the molecule is Cn1cc(C2CCCN2Cc2nc3cc(Cl)ccc3n2C)cn1. The predicted molar refractivity (Wildman–Crippen MR) is 91.3 cm³/mol. The van der Waals surface area contributed by atoms with E-state index in [0.29, 0.717) is 6.04 Å². The van der Waals surface area contributed by atoms with Crippen LogP contribution in [0.15, 0.2) is 30.6 Å². The summed E-state index contributed by atoms with van der Waals surface area (Å²) in [5.74, 6) is 1.08. The van der Waals surface area contributed by atoms with Gasteiger partial charge in [0.25, 0.3) is 0 Å². The van der Waals surface area contributed by atoms with E-state index in [0.717, 1.165) is 35.0 Å². The molecule has 23 heavy (non-hydrogen) atoms. The second-order valence-electron chi connectivity index (χ2n) is 6.30. The molecule has 1 aliphatic heterocycles. The minimum Gasteiger partial charge on any atom is -0.330 e. The molecule has 0 bridgehead atoms. The van der Waals surface area contributed by atoms with Gasteiger partial charge in [-0.25, -0.2) is 4.98 Å². The van der Waals surface area contributed by atoms with Crippen molar-refractivity contribution in [2.45, 2.75) is 25.4 Å². The first-order valence-electron chi connectivity index (χ1n) is 7.95. The Morgan fingerprint density at radius 3 is 2.96 bits per heavy atom. The molecule has 1 fully saturated rings. The van der Waals surface area contributed by atoms with Gasteiger partial charge in [-0.05, 0) is 37.6 Å². The molecule has 3 heterocycles. The zero-order valence-corrected chi connectivity index (χ0v) is 14.2. The first-order valence-corrected chi connectivity index (χ1v) is 8.33.